The second kappa shape index (κ2) is 4.75. The second-order valence-electron chi connectivity index (χ2n) is 1.45. The molecule has 6 heteroatoms. The maximum Gasteiger partial charge on any atom is 0.202 e. The van der Waals surface area contributed by atoms with Crippen molar-refractivity contribution in [1.82, 2.24) is 15.2 Å². The van der Waals surface area contributed by atoms with Crippen molar-refractivity contribution >= 4 is 27.8 Å². The highest BCUT2D eigenvalue weighted by molar-refractivity contribution is 7.13. The molecule has 0 aliphatic heterocycles. The summed E-state index contributed by atoms with van der Waals surface area (Å²) in [6, 6.07) is 0. The van der Waals surface area contributed by atoms with Crippen molar-refractivity contribution < 1.29 is 0 Å². The molecule has 0 spiro atoms. The third-order valence-corrected chi connectivity index (χ3v) is 1.77. The molecule has 0 saturated carbocycles. The van der Waals surface area contributed by atoms with E-state index in [1.54, 1.807) is 28.6 Å². The van der Waals surface area contributed by atoms with Crippen molar-refractivity contribution in [1.29, 1.82) is 0 Å². The van der Waals surface area contributed by atoms with Gasteiger partial charge in [-0.2, -0.15) is 0 Å². The van der Waals surface area contributed by atoms with Crippen LogP contribution >= 0.6 is 22.7 Å². The summed E-state index contributed by atoms with van der Waals surface area (Å²) in [5, 5.41) is 9.38. The van der Waals surface area contributed by atoms with Crippen LogP contribution in [0.1, 0.15) is 0 Å². The Bertz CT molecular complexity index is 235. The van der Waals surface area contributed by atoms with Crippen molar-refractivity contribution in [2.24, 2.45) is 0 Å². The van der Waals surface area contributed by atoms with Crippen LogP contribution < -0.4 is 5.73 Å². The van der Waals surface area contributed by atoms with E-state index in [-0.39, 0.29) is 0 Å². The monoisotopic (exact) mass is 186 g/mol. The van der Waals surface area contributed by atoms with Crippen LogP contribution in [0.25, 0.3) is 0 Å². The van der Waals surface area contributed by atoms with Gasteiger partial charge in [-0.15, -0.1) is 21.5 Å². The Hall–Kier alpha value is -1.01. The molecule has 2 N–H and O–H groups in total. The first-order chi connectivity index (χ1) is 5.39. The Morgan fingerprint density at radius 1 is 1.36 bits per heavy atom. The van der Waals surface area contributed by atoms with Crippen LogP contribution in [0.2, 0.25) is 0 Å². The quantitative estimate of drug-likeness (QED) is 0.672. The molecule has 0 fully saturated rings. The lowest BCUT2D eigenvalue weighted by Crippen LogP contribution is -1.79. The van der Waals surface area contributed by atoms with Gasteiger partial charge in [-0.25, -0.2) is 0 Å². The summed E-state index contributed by atoms with van der Waals surface area (Å²) in [7, 11) is 0. The zero-order valence-corrected chi connectivity index (χ0v) is 7.18. The van der Waals surface area contributed by atoms with E-state index in [0.717, 1.165) is 0 Å². The van der Waals surface area contributed by atoms with E-state index in [2.05, 4.69) is 15.2 Å². The lowest BCUT2D eigenvalue weighted by molar-refractivity contribution is 1.10. The normalized spacial score (nSPS) is 8.36. The van der Waals surface area contributed by atoms with Crippen LogP contribution in [0.3, 0.4) is 0 Å². The van der Waals surface area contributed by atoms with E-state index in [1.165, 1.54) is 11.3 Å². The smallest absolute Gasteiger partial charge is 0.202 e. The van der Waals surface area contributed by atoms with Gasteiger partial charge in [0.1, 0.15) is 5.51 Å². The molecule has 0 aromatic carbocycles. The van der Waals surface area contributed by atoms with Crippen molar-refractivity contribution in [3.05, 3.63) is 22.6 Å². The molecule has 11 heavy (non-hydrogen) atoms. The van der Waals surface area contributed by atoms with Gasteiger partial charge < -0.3 is 5.73 Å². The zero-order valence-electron chi connectivity index (χ0n) is 5.54. The van der Waals surface area contributed by atoms with Crippen LogP contribution in [0.15, 0.2) is 22.6 Å². The number of nitrogens with two attached hydrogens (primary N) is 1. The topological polar surface area (TPSA) is 64.7 Å². The largest absolute Gasteiger partial charge is 0.374 e. The second-order valence-corrected chi connectivity index (χ2v) is 3.07. The van der Waals surface area contributed by atoms with E-state index < -0.39 is 0 Å². The fourth-order valence-electron chi connectivity index (χ4n) is 0.357. The standard InChI is InChI=1S/C3H3NS.C2H3N3S/c1-2-5-3-4-1;3-2-5-4-1-6-2/h1-3H;1H,(H2,3,5). The van der Waals surface area contributed by atoms with Crippen molar-refractivity contribution in [2.45, 2.75) is 0 Å². The fraction of sp³-hybridized carbons (Fsp3) is 0. The van der Waals surface area contributed by atoms with Crippen LogP contribution in [0.4, 0.5) is 5.13 Å². The SMILES string of the molecule is Nc1nncs1.c1cscn1. The first-order valence-corrected chi connectivity index (χ1v) is 4.55. The Labute approximate surface area is 71.7 Å². The molecule has 2 aromatic rings. The van der Waals surface area contributed by atoms with Crippen LogP contribution in [0.5, 0.6) is 0 Å². The van der Waals surface area contributed by atoms with Crippen LogP contribution in [0, 0.1) is 0 Å². The molecule has 0 aliphatic rings. The van der Waals surface area contributed by atoms with E-state index in [1.807, 2.05) is 5.38 Å². The lowest BCUT2D eigenvalue weighted by Gasteiger charge is -1.64. The Morgan fingerprint density at radius 3 is 2.45 bits per heavy atom. The van der Waals surface area contributed by atoms with Crippen molar-refractivity contribution in [2.75, 3.05) is 5.73 Å². The van der Waals surface area contributed by atoms with Crippen LogP contribution in [-0.4, -0.2) is 15.2 Å². The molecule has 2 heterocycles. The zero-order chi connectivity index (χ0) is 7.94. The molecule has 4 nitrogen and oxygen atoms in total. The number of thiazole rings is 1. The highest BCUT2D eigenvalue weighted by Crippen LogP contribution is 1.99. The molecule has 0 saturated heterocycles. The Kier molecular flexibility index (Phi) is 3.49. The summed E-state index contributed by atoms with van der Waals surface area (Å²) in [5.74, 6) is 0. The van der Waals surface area contributed by atoms with Gasteiger partial charge in [0.05, 0.1) is 5.51 Å². The first kappa shape index (κ1) is 8.09. The number of hydrogen-bond acceptors (Lipinski definition) is 6. The Morgan fingerprint density at radius 2 is 2.27 bits per heavy atom. The number of aromatic nitrogens is 3. The molecule has 0 radical (unpaired) electrons. The number of hydrogen-bond donors (Lipinski definition) is 1. The first-order valence-electron chi connectivity index (χ1n) is 2.73. The molecule has 0 bridgehead atoms. The van der Waals surface area contributed by atoms with Crippen molar-refractivity contribution in [3.8, 4) is 0 Å². The minimum atomic E-state index is 0.523. The minimum absolute atomic E-state index is 0.523. The summed E-state index contributed by atoms with van der Waals surface area (Å²) in [5.41, 5.74) is 8.51. The van der Waals surface area contributed by atoms with Gasteiger partial charge in [-0.1, -0.05) is 11.3 Å². The summed E-state index contributed by atoms with van der Waals surface area (Å²) < 4.78 is 0. The summed E-state index contributed by atoms with van der Waals surface area (Å²) in [4.78, 5) is 3.74. The number of rotatable bonds is 0. The molecule has 2 rings (SSSR count). The van der Waals surface area contributed by atoms with E-state index >= 15 is 0 Å². The summed E-state index contributed by atoms with van der Waals surface area (Å²) >= 11 is 2.94. The highest BCUT2D eigenvalue weighted by Gasteiger charge is 1.78. The van der Waals surface area contributed by atoms with Gasteiger partial charge >= 0.3 is 0 Å². The molecule has 0 atom stereocenters. The third-order valence-electron chi connectivity index (χ3n) is 0.724. The molecule has 0 aliphatic carbocycles. The summed E-state index contributed by atoms with van der Waals surface area (Å²) in [6.07, 6.45) is 1.77. The van der Waals surface area contributed by atoms with Gasteiger partial charge in [0, 0.05) is 11.6 Å². The predicted molar refractivity (Wildman–Crippen MR) is 46.4 cm³/mol. The van der Waals surface area contributed by atoms with Crippen molar-refractivity contribution in [3.63, 3.8) is 0 Å². The molecule has 0 unspecified atom stereocenters. The van der Waals surface area contributed by atoms with Gasteiger partial charge in [-0.3, -0.25) is 4.98 Å². The van der Waals surface area contributed by atoms with Gasteiger partial charge in [0.2, 0.25) is 5.13 Å². The summed E-state index contributed by atoms with van der Waals surface area (Å²) in [6.45, 7) is 0. The lowest BCUT2D eigenvalue weighted by atomic mass is 11.0. The molecule has 2 aromatic heterocycles. The molecule has 58 valence electrons. The average Bonchev–Trinajstić information content (AvgIpc) is 2.57. The van der Waals surface area contributed by atoms with Gasteiger partial charge in [0.25, 0.3) is 0 Å². The predicted octanol–water partition coefficient (Wildman–Crippen LogP) is 1.26. The Balaban J connectivity index is 0.000000112. The number of anilines is 1. The molecular weight excluding hydrogens is 180 g/mol. The van der Waals surface area contributed by atoms with E-state index in [0.29, 0.717) is 5.13 Å². The van der Waals surface area contributed by atoms with E-state index in [4.69, 9.17) is 5.73 Å². The van der Waals surface area contributed by atoms with Crippen LogP contribution in [-0.2, 0) is 0 Å². The number of nitrogens with zero attached hydrogens (tertiary/aromatic N) is 3. The minimum Gasteiger partial charge on any atom is -0.374 e. The van der Waals surface area contributed by atoms with E-state index in [9.17, 15) is 0 Å². The number of nitrogen functional groups attached to an aromatic ring is 1. The maximum atomic E-state index is 5.12. The average molecular weight is 186 g/mol. The fourth-order valence-corrected chi connectivity index (χ4v) is 1.01. The molecular formula is C5H6N4S2. The maximum absolute atomic E-state index is 5.12. The third kappa shape index (κ3) is 3.64. The highest BCUT2D eigenvalue weighted by atomic mass is 32.1. The van der Waals surface area contributed by atoms with Gasteiger partial charge in [-0.05, 0) is 0 Å². The van der Waals surface area contributed by atoms with Gasteiger partial charge in [0.15, 0.2) is 0 Å². The molecule has 0 amide bonds.